The third kappa shape index (κ3) is 53.7. The van der Waals surface area contributed by atoms with Crippen molar-refractivity contribution in [3.8, 4) is 0 Å². The van der Waals surface area contributed by atoms with Crippen LogP contribution in [0.4, 0.5) is 0 Å². The summed E-state index contributed by atoms with van der Waals surface area (Å²) in [6.45, 7) is 17.9. The van der Waals surface area contributed by atoms with Crippen LogP contribution in [0.1, 0.15) is 27.7 Å². The molecule has 0 fully saturated rings. The van der Waals surface area contributed by atoms with E-state index < -0.39 is 12.2 Å². The lowest BCUT2D eigenvalue weighted by Gasteiger charge is -2.15. The third-order valence-electron chi connectivity index (χ3n) is 8.66. The SMILES string of the molecule is C.C.CNCCNCCNCCNC(=O)CC(=O)NCCNCCNCCNCC(O)COCOCC(O)CNCCNCCNCCNC(=O)CC(=O)NCCNCCNCCNC. The highest BCUT2D eigenvalue weighted by atomic mass is 16.7. The van der Waals surface area contributed by atoms with Gasteiger partial charge in [0.25, 0.3) is 0 Å². The molecule has 0 aromatic rings. The lowest BCUT2D eigenvalue weighted by Crippen LogP contribution is -2.39. The predicted molar refractivity (Wildman–Crippen MR) is 260 cm³/mol. The van der Waals surface area contributed by atoms with E-state index in [9.17, 15) is 29.4 Å². The molecule has 4 amide bonds. The van der Waals surface area contributed by atoms with Crippen molar-refractivity contribution in [2.24, 2.45) is 0 Å². The molecule has 0 radical (unpaired) electrons. The number of nitrogens with one attached hydrogen (secondary N) is 16. The first kappa shape index (κ1) is 66.5. The van der Waals surface area contributed by atoms with Gasteiger partial charge < -0.3 is 105 Å². The molecule has 24 nitrogen and oxygen atoms in total. The molecule has 388 valence electrons. The highest BCUT2D eigenvalue weighted by Gasteiger charge is 2.10. The number of carbonyl (C=O) groups excluding carboxylic acids is 4. The number of amides is 4. The number of ether oxygens (including phenoxy) is 2. The van der Waals surface area contributed by atoms with E-state index in [0.29, 0.717) is 78.5 Å². The number of hydrogen-bond donors (Lipinski definition) is 18. The van der Waals surface area contributed by atoms with Crippen LogP contribution in [0.25, 0.3) is 0 Å². The summed E-state index contributed by atoms with van der Waals surface area (Å²) in [5.41, 5.74) is 0. The molecule has 0 saturated carbocycles. The Morgan fingerprint density at radius 2 is 0.569 bits per heavy atom. The summed E-state index contributed by atoms with van der Waals surface area (Å²) in [5, 5.41) is 69.6. The van der Waals surface area contributed by atoms with Gasteiger partial charge in [-0.25, -0.2) is 0 Å². The van der Waals surface area contributed by atoms with Gasteiger partial charge in [0.2, 0.25) is 23.6 Å². The monoisotopic (exact) mass is 941 g/mol. The van der Waals surface area contributed by atoms with Crippen molar-refractivity contribution < 1.29 is 38.9 Å². The van der Waals surface area contributed by atoms with Crippen LogP contribution in [0.15, 0.2) is 0 Å². The molecule has 0 aromatic carbocycles. The molecule has 2 unspecified atom stereocenters. The average molecular weight is 941 g/mol. The predicted octanol–water partition coefficient (Wildman–Crippen LogP) is -7.45. The highest BCUT2D eigenvalue weighted by Crippen LogP contribution is 1.89. The lowest BCUT2D eigenvalue weighted by molar-refractivity contribution is -0.130. The van der Waals surface area contributed by atoms with Gasteiger partial charge in [0.05, 0.1) is 25.4 Å². The molecular weight excluding hydrogens is 845 g/mol. The molecule has 0 spiro atoms. The smallest absolute Gasteiger partial charge is 0.229 e. The normalized spacial score (nSPS) is 11.9. The van der Waals surface area contributed by atoms with Crippen LogP contribution in [0.5, 0.6) is 0 Å². The lowest BCUT2D eigenvalue weighted by atomic mass is 10.3. The van der Waals surface area contributed by atoms with Gasteiger partial charge in [-0.2, -0.15) is 0 Å². The minimum atomic E-state index is -0.691. The van der Waals surface area contributed by atoms with Crippen molar-refractivity contribution >= 4 is 23.6 Å². The second-order valence-corrected chi connectivity index (χ2v) is 14.5. The summed E-state index contributed by atoms with van der Waals surface area (Å²) in [4.78, 5) is 47.7. The van der Waals surface area contributed by atoms with Crippen LogP contribution in [-0.4, -0.2) is 250 Å². The standard InChI is InChI=1S/C39H88N16O8.2CH4/c1-40-3-5-42-7-11-46-19-23-52-36(58)27-38(60)54-25-21-48-13-9-44-15-17-50-29-34(56)31-62-33-63-32-35(57)30-51-18-16-45-10-14-49-22-26-55-39(61)28-37(59)53-24-20-47-12-8-43-6-4-41-2;;/h34-35,40-51,56-57H,3-33H2,1-2H3,(H,52,58)(H,53,59)(H,54,60)(H,55,61);2*1H4. The van der Waals surface area contributed by atoms with Crippen molar-refractivity contribution in [2.45, 2.75) is 39.9 Å². The zero-order chi connectivity index (χ0) is 46.1. The van der Waals surface area contributed by atoms with Crippen LogP contribution < -0.4 is 85.1 Å². The Morgan fingerprint density at radius 3 is 0.815 bits per heavy atom. The minimum absolute atomic E-state index is 0. The maximum atomic E-state index is 11.9. The van der Waals surface area contributed by atoms with Crippen molar-refractivity contribution in [1.29, 1.82) is 0 Å². The number of rotatable bonds is 50. The number of hydrogen-bond acceptors (Lipinski definition) is 20. The molecule has 2 atom stereocenters. The fraction of sp³-hybridized carbons (Fsp3) is 0.902. The Bertz CT molecular complexity index is 986. The number of likely N-dealkylation sites (N-methyl/N-ethyl adjacent to an activating group) is 2. The number of aliphatic hydroxyl groups excluding tert-OH is 2. The van der Waals surface area contributed by atoms with Crippen molar-refractivity contribution in [3.63, 3.8) is 0 Å². The largest absolute Gasteiger partial charge is 0.389 e. The Balaban J connectivity index is -0.0000192. The van der Waals surface area contributed by atoms with E-state index >= 15 is 0 Å². The van der Waals surface area contributed by atoms with Crippen LogP contribution in [0.3, 0.4) is 0 Å². The molecule has 0 aromatic heterocycles. The van der Waals surface area contributed by atoms with Crippen molar-refractivity contribution in [3.05, 3.63) is 0 Å². The van der Waals surface area contributed by atoms with Gasteiger partial charge in [0.15, 0.2) is 0 Å². The van der Waals surface area contributed by atoms with Gasteiger partial charge in [-0.1, -0.05) is 14.9 Å². The Morgan fingerprint density at radius 1 is 0.354 bits per heavy atom. The minimum Gasteiger partial charge on any atom is -0.389 e. The van der Waals surface area contributed by atoms with Gasteiger partial charge in [-0.15, -0.1) is 0 Å². The van der Waals surface area contributed by atoms with Crippen molar-refractivity contribution in [2.75, 3.05) is 204 Å². The molecule has 0 aliphatic rings. The number of aliphatic hydroxyl groups is 2. The van der Waals surface area contributed by atoms with E-state index in [4.69, 9.17) is 9.47 Å². The number of carbonyl (C=O) groups is 4. The van der Waals surface area contributed by atoms with Crippen LogP contribution in [0, 0.1) is 0 Å². The molecule has 24 heteroatoms. The van der Waals surface area contributed by atoms with E-state index in [1.165, 1.54) is 0 Å². The van der Waals surface area contributed by atoms with Gasteiger partial charge in [-0.3, -0.25) is 19.2 Å². The summed E-state index contributed by atoms with van der Waals surface area (Å²) in [7, 11) is 3.82. The quantitative estimate of drug-likeness (QED) is 0.0153. The summed E-state index contributed by atoms with van der Waals surface area (Å²) in [5.74, 6) is -1.18. The Labute approximate surface area is 391 Å². The first-order valence-electron chi connectivity index (χ1n) is 22.7. The second kappa shape index (κ2) is 53.9. The Kier molecular flexibility index (Phi) is 55.1. The molecule has 0 saturated heterocycles. The van der Waals surface area contributed by atoms with Gasteiger partial charge in [0.1, 0.15) is 19.6 Å². The zero-order valence-corrected chi connectivity index (χ0v) is 38.4. The fourth-order valence-electron chi connectivity index (χ4n) is 5.27. The summed E-state index contributed by atoms with van der Waals surface area (Å²) in [6, 6.07) is 0. The van der Waals surface area contributed by atoms with Crippen LogP contribution in [0.2, 0.25) is 0 Å². The Hall–Kier alpha value is -2.76. The van der Waals surface area contributed by atoms with Crippen molar-refractivity contribution in [1.82, 2.24) is 85.1 Å². The highest BCUT2D eigenvalue weighted by molar-refractivity contribution is 5.97. The molecule has 0 aliphatic heterocycles. The van der Waals surface area contributed by atoms with E-state index in [1.54, 1.807) is 0 Å². The molecule has 0 aliphatic carbocycles. The molecule has 0 heterocycles. The first-order chi connectivity index (χ1) is 30.8. The van der Waals surface area contributed by atoms with E-state index in [1.807, 2.05) is 14.1 Å². The first-order valence-corrected chi connectivity index (χ1v) is 22.7. The summed E-state index contributed by atoms with van der Waals surface area (Å²) in [6.07, 6.45) is -1.75. The second-order valence-electron chi connectivity index (χ2n) is 14.5. The molecular formula is C41H96N16O8. The van der Waals surface area contributed by atoms with Gasteiger partial charge in [-0.05, 0) is 14.1 Å². The van der Waals surface area contributed by atoms with E-state index in [2.05, 4.69) is 85.1 Å². The average Bonchev–Trinajstić information content (AvgIpc) is 3.26. The van der Waals surface area contributed by atoms with Gasteiger partial charge >= 0.3 is 0 Å². The molecule has 0 rings (SSSR count). The third-order valence-corrected chi connectivity index (χ3v) is 8.66. The molecule has 65 heavy (non-hydrogen) atoms. The summed E-state index contributed by atoms with van der Waals surface area (Å²) >= 11 is 0. The van der Waals surface area contributed by atoms with E-state index in [-0.39, 0.29) is 71.3 Å². The maximum absolute atomic E-state index is 11.9. The van der Waals surface area contributed by atoms with Crippen LogP contribution >= 0.6 is 0 Å². The van der Waals surface area contributed by atoms with Gasteiger partial charge in [0, 0.05) is 170 Å². The topological polar surface area (TPSA) is 320 Å². The summed E-state index contributed by atoms with van der Waals surface area (Å²) < 4.78 is 10.7. The maximum Gasteiger partial charge on any atom is 0.229 e. The van der Waals surface area contributed by atoms with Crippen LogP contribution in [-0.2, 0) is 28.7 Å². The van der Waals surface area contributed by atoms with E-state index in [0.717, 1.165) is 91.6 Å². The molecule has 0 bridgehead atoms. The fourth-order valence-corrected chi connectivity index (χ4v) is 5.27. The zero-order valence-electron chi connectivity index (χ0n) is 38.4. The molecule has 18 N–H and O–H groups in total.